The van der Waals surface area contributed by atoms with Crippen molar-refractivity contribution < 1.29 is 4.79 Å². The first kappa shape index (κ1) is 17.5. The maximum absolute atomic E-state index is 12.4. The molecule has 3 aromatic rings. The Morgan fingerprint density at radius 3 is 2.69 bits per heavy atom. The van der Waals surface area contributed by atoms with Crippen molar-refractivity contribution in [2.75, 3.05) is 0 Å². The van der Waals surface area contributed by atoms with Crippen LogP contribution in [0.4, 0.5) is 0 Å². The first-order chi connectivity index (χ1) is 12.5. The van der Waals surface area contributed by atoms with E-state index in [4.69, 9.17) is 16.9 Å². The second kappa shape index (κ2) is 7.29. The molecular weight excluding hydrogens is 354 g/mol. The van der Waals surface area contributed by atoms with Gasteiger partial charge < -0.3 is 5.32 Å². The zero-order valence-corrected chi connectivity index (χ0v) is 14.8. The van der Waals surface area contributed by atoms with Gasteiger partial charge >= 0.3 is 0 Å². The number of nitriles is 1. The fourth-order valence-corrected chi connectivity index (χ4v) is 2.41. The lowest BCUT2D eigenvalue weighted by molar-refractivity contribution is 0.0933. The lowest BCUT2D eigenvalue weighted by atomic mass is 10.2. The number of nitrogens with one attached hydrogen (secondary N) is 1. The third-order valence-corrected chi connectivity index (χ3v) is 3.75. The summed E-state index contributed by atoms with van der Waals surface area (Å²) in [6.07, 6.45) is 2.87. The van der Waals surface area contributed by atoms with Gasteiger partial charge in [-0.05, 0) is 38.1 Å². The van der Waals surface area contributed by atoms with Crippen LogP contribution in [0.3, 0.4) is 0 Å². The Balaban J connectivity index is 1.85. The van der Waals surface area contributed by atoms with E-state index in [-0.39, 0.29) is 11.6 Å². The fraction of sp³-hybridized carbons (Fsp3) is 0.176. The molecule has 0 radical (unpaired) electrons. The molecule has 0 aromatic carbocycles. The third kappa shape index (κ3) is 3.68. The van der Waals surface area contributed by atoms with Crippen molar-refractivity contribution in [1.29, 1.82) is 5.26 Å². The van der Waals surface area contributed by atoms with Crippen molar-refractivity contribution in [2.24, 2.45) is 0 Å². The molecule has 0 aliphatic rings. The van der Waals surface area contributed by atoms with Gasteiger partial charge in [-0.15, -0.1) is 5.10 Å². The second-order valence-electron chi connectivity index (χ2n) is 5.50. The van der Waals surface area contributed by atoms with Gasteiger partial charge in [-0.3, -0.25) is 4.79 Å². The van der Waals surface area contributed by atoms with Crippen LogP contribution in [0.1, 0.15) is 40.7 Å². The number of nitrogens with zero attached hydrogens (tertiary/aromatic N) is 6. The van der Waals surface area contributed by atoms with Gasteiger partial charge in [0.15, 0.2) is 11.6 Å². The van der Waals surface area contributed by atoms with E-state index in [1.807, 2.05) is 6.07 Å². The lowest BCUT2D eigenvalue weighted by Gasteiger charge is -2.14. The van der Waals surface area contributed by atoms with Gasteiger partial charge in [0.1, 0.15) is 17.6 Å². The van der Waals surface area contributed by atoms with E-state index in [0.29, 0.717) is 28.1 Å². The average molecular weight is 368 g/mol. The Hall–Kier alpha value is -3.31. The van der Waals surface area contributed by atoms with Crippen molar-refractivity contribution in [1.82, 2.24) is 30.0 Å². The van der Waals surface area contributed by atoms with E-state index in [1.54, 1.807) is 38.1 Å². The maximum Gasteiger partial charge on any atom is 0.270 e. The van der Waals surface area contributed by atoms with Crippen molar-refractivity contribution in [2.45, 2.75) is 19.9 Å². The molecule has 26 heavy (non-hydrogen) atoms. The predicted molar refractivity (Wildman–Crippen MR) is 93.7 cm³/mol. The number of halogens is 1. The number of carbonyl (C=O) groups is 1. The largest absolute Gasteiger partial charge is 0.341 e. The molecule has 3 rings (SSSR count). The summed E-state index contributed by atoms with van der Waals surface area (Å²) in [5.41, 5.74) is 0.697. The third-order valence-electron chi connectivity index (χ3n) is 3.53. The van der Waals surface area contributed by atoms with Gasteiger partial charge in [0, 0.05) is 12.4 Å². The quantitative estimate of drug-likeness (QED) is 0.758. The molecule has 1 amide bonds. The van der Waals surface area contributed by atoms with E-state index >= 15 is 0 Å². The smallest absolute Gasteiger partial charge is 0.270 e. The Kier molecular flexibility index (Phi) is 4.91. The van der Waals surface area contributed by atoms with Gasteiger partial charge in [0.25, 0.3) is 5.91 Å². The number of rotatable bonds is 4. The molecule has 3 heterocycles. The van der Waals surface area contributed by atoms with Crippen LogP contribution in [0.15, 0.2) is 36.7 Å². The van der Waals surface area contributed by atoms with Gasteiger partial charge in [-0.2, -0.15) is 9.94 Å². The first-order valence-electron chi connectivity index (χ1n) is 7.70. The zero-order valence-electron chi connectivity index (χ0n) is 14.0. The van der Waals surface area contributed by atoms with Crippen molar-refractivity contribution >= 4 is 17.5 Å². The molecule has 0 saturated carbocycles. The summed E-state index contributed by atoms with van der Waals surface area (Å²) in [5, 5.41) is 16.5. The van der Waals surface area contributed by atoms with E-state index < -0.39 is 6.04 Å². The molecule has 9 heteroatoms. The highest BCUT2D eigenvalue weighted by atomic mass is 35.5. The van der Waals surface area contributed by atoms with Crippen LogP contribution in [-0.4, -0.2) is 30.6 Å². The number of hydrogen-bond acceptors (Lipinski definition) is 6. The zero-order chi connectivity index (χ0) is 18.7. The minimum absolute atomic E-state index is 0.250. The van der Waals surface area contributed by atoms with Crippen LogP contribution in [0.2, 0.25) is 5.02 Å². The minimum Gasteiger partial charge on any atom is -0.341 e. The molecule has 3 aromatic heterocycles. The highest BCUT2D eigenvalue weighted by Crippen LogP contribution is 2.16. The lowest BCUT2D eigenvalue weighted by Crippen LogP contribution is -2.29. The van der Waals surface area contributed by atoms with Gasteiger partial charge in [0.2, 0.25) is 0 Å². The van der Waals surface area contributed by atoms with Crippen molar-refractivity contribution in [3.63, 3.8) is 0 Å². The Morgan fingerprint density at radius 1 is 1.27 bits per heavy atom. The summed E-state index contributed by atoms with van der Waals surface area (Å²) in [6.45, 7) is 3.54. The summed E-state index contributed by atoms with van der Waals surface area (Å²) in [5.74, 6) is 1.21. The average Bonchev–Trinajstić information content (AvgIpc) is 3.04. The highest BCUT2D eigenvalue weighted by Gasteiger charge is 2.20. The summed E-state index contributed by atoms with van der Waals surface area (Å²) in [7, 11) is 0. The number of hydrogen-bond donors (Lipinski definition) is 1. The summed E-state index contributed by atoms with van der Waals surface area (Å²) in [6, 6.07) is 8.03. The summed E-state index contributed by atoms with van der Waals surface area (Å²) in [4.78, 5) is 25.0. The van der Waals surface area contributed by atoms with Crippen LogP contribution in [0.5, 0.6) is 0 Å². The molecule has 0 bridgehead atoms. The van der Waals surface area contributed by atoms with Crippen LogP contribution in [0, 0.1) is 18.3 Å². The summed E-state index contributed by atoms with van der Waals surface area (Å²) >= 11 is 5.79. The number of amides is 1. The maximum atomic E-state index is 12.4. The molecule has 0 unspecified atom stereocenters. The van der Waals surface area contributed by atoms with Crippen molar-refractivity contribution in [3.8, 4) is 11.9 Å². The van der Waals surface area contributed by atoms with Crippen molar-refractivity contribution in [3.05, 3.63) is 64.6 Å². The van der Waals surface area contributed by atoms with E-state index in [0.717, 1.165) is 0 Å². The van der Waals surface area contributed by atoms with E-state index in [2.05, 4.69) is 25.4 Å². The molecule has 1 N–H and O–H groups in total. The first-order valence-corrected chi connectivity index (χ1v) is 8.08. The van der Waals surface area contributed by atoms with E-state index in [1.165, 1.54) is 17.1 Å². The standard InChI is InChI=1S/C17H14ClN7O/c1-10(22-17(26)14-5-4-13(18)9-20-14)16-23-11(2)24-25(16)15-6-3-12(7-19)8-21-15/h3-6,8-10H,1-2H3,(H,22,26)/t10-/m0/s1. The van der Waals surface area contributed by atoms with Crippen LogP contribution in [0.25, 0.3) is 5.82 Å². The predicted octanol–water partition coefficient (Wildman–Crippen LogP) is 2.38. The van der Waals surface area contributed by atoms with Gasteiger partial charge in [-0.1, -0.05) is 11.6 Å². The number of aromatic nitrogens is 5. The minimum atomic E-state index is -0.446. The molecule has 0 aliphatic carbocycles. The Bertz CT molecular complexity index is 974. The highest BCUT2D eigenvalue weighted by molar-refractivity contribution is 6.30. The molecule has 130 valence electrons. The monoisotopic (exact) mass is 367 g/mol. The Morgan fingerprint density at radius 2 is 2.08 bits per heavy atom. The number of aryl methyl sites for hydroxylation is 1. The molecule has 1 atom stereocenters. The molecular formula is C17H14ClN7O. The van der Waals surface area contributed by atoms with Crippen LogP contribution in [-0.2, 0) is 0 Å². The molecule has 0 spiro atoms. The number of carbonyl (C=O) groups excluding carboxylic acids is 1. The Labute approximate surface area is 154 Å². The molecule has 8 nitrogen and oxygen atoms in total. The SMILES string of the molecule is Cc1nc([C@H](C)NC(=O)c2ccc(Cl)cn2)n(-c2ccc(C#N)cn2)n1. The topological polar surface area (TPSA) is 109 Å². The molecule has 0 saturated heterocycles. The van der Waals surface area contributed by atoms with Gasteiger partial charge in [-0.25, -0.2) is 15.0 Å². The molecule has 0 fully saturated rings. The summed E-state index contributed by atoms with van der Waals surface area (Å²) < 4.78 is 1.54. The van der Waals surface area contributed by atoms with Crippen LogP contribution >= 0.6 is 11.6 Å². The van der Waals surface area contributed by atoms with Gasteiger partial charge in [0.05, 0.1) is 16.6 Å². The normalized spacial score (nSPS) is 11.6. The second-order valence-corrected chi connectivity index (χ2v) is 5.94. The molecule has 0 aliphatic heterocycles. The number of pyridine rings is 2. The fourth-order valence-electron chi connectivity index (χ4n) is 2.30. The van der Waals surface area contributed by atoms with E-state index in [9.17, 15) is 4.79 Å². The van der Waals surface area contributed by atoms with Crippen LogP contribution < -0.4 is 5.32 Å².